The first-order chi connectivity index (χ1) is 20.1. The fourth-order valence-electron chi connectivity index (χ4n) is 7.61. The number of thioether (sulfide) groups is 1. The Hall–Kier alpha value is -2.33. The Balaban J connectivity index is 1.30. The molecular formula is C32H39BrN4O4S. The van der Waals surface area contributed by atoms with E-state index in [0.717, 1.165) is 50.5 Å². The zero-order valence-corrected chi connectivity index (χ0v) is 27.1. The van der Waals surface area contributed by atoms with E-state index >= 15 is 0 Å². The molecule has 2 saturated heterocycles. The molecule has 4 aliphatic heterocycles. The molecule has 0 aromatic carbocycles. The predicted octanol–water partition coefficient (Wildman–Crippen LogP) is 5.35. The van der Waals surface area contributed by atoms with Crippen LogP contribution in [0.1, 0.15) is 89.3 Å². The molecule has 2 unspecified atom stereocenters. The van der Waals surface area contributed by atoms with Crippen molar-refractivity contribution >= 4 is 56.7 Å². The van der Waals surface area contributed by atoms with Crippen LogP contribution in [-0.2, 0) is 25.6 Å². The molecule has 5 atom stereocenters. The lowest BCUT2D eigenvalue weighted by atomic mass is 9.89. The molecule has 0 spiro atoms. The summed E-state index contributed by atoms with van der Waals surface area (Å²) in [5, 5.41) is 6.49. The summed E-state index contributed by atoms with van der Waals surface area (Å²) in [7, 11) is 0. The lowest BCUT2D eigenvalue weighted by Crippen LogP contribution is -2.49. The largest absolute Gasteiger partial charge is 0.327 e. The average molecular weight is 656 g/mol. The molecule has 1 aromatic heterocycles. The first-order valence-electron chi connectivity index (χ1n) is 15.3. The second-order valence-corrected chi connectivity index (χ2v) is 15.0. The second kappa shape index (κ2) is 11.6. The number of ketones is 3. The van der Waals surface area contributed by atoms with Gasteiger partial charge in [-0.3, -0.25) is 24.2 Å². The topological polar surface area (TPSA) is 100 Å². The molecule has 3 fully saturated rings. The van der Waals surface area contributed by atoms with Crippen molar-refractivity contribution in [1.82, 2.24) is 14.9 Å². The highest BCUT2D eigenvalue weighted by Crippen LogP contribution is 2.62. The number of hydrogen-bond acceptors (Lipinski definition) is 8. The number of hydrazone groups is 1. The van der Waals surface area contributed by atoms with Crippen molar-refractivity contribution in [2.75, 3.05) is 6.54 Å². The maximum Gasteiger partial charge on any atom is 0.244 e. The summed E-state index contributed by atoms with van der Waals surface area (Å²) >= 11 is 5.12. The second-order valence-electron chi connectivity index (χ2n) is 12.8. The van der Waals surface area contributed by atoms with E-state index in [-0.39, 0.29) is 53.2 Å². The third kappa shape index (κ3) is 5.53. The first kappa shape index (κ1) is 29.7. The van der Waals surface area contributed by atoms with E-state index in [1.807, 2.05) is 29.0 Å². The van der Waals surface area contributed by atoms with E-state index in [2.05, 4.69) is 27.8 Å². The average Bonchev–Trinajstić information content (AvgIpc) is 3.19. The van der Waals surface area contributed by atoms with Crippen molar-refractivity contribution < 1.29 is 19.2 Å². The molecule has 224 valence electrons. The number of halogens is 1. The Labute approximate surface area is 260 Å². The number of nitrogens with zero attached hydrogens (tertiary/aromatic N) is 4. The molecule has 42 heavy (non-hydrogen) atoms. The van der Waals surface area contributed by atoms with Gasteiger partial charge >= 0.3 is 0 Å². The molecule has 1 saturated carbocycles. The van der Waals surface area contributed by atoms with Crippen molar-refractivity contribution in [1.29, 1.82) is 0 Å². The molecule has 5 aliphatic rings. The van der Waals surface area contributed by atoms with Crippen LogP contribution in [0.2, 0.25) is 0 Å². The molecule has 2 bridgehead atoms. The number of pyridine rings is 1. The summed E-state index contributed by atoms with van der Waals surface area (Å²) in [6.07, 6.45) is 8.32. The van der Waals surface area contributed by atoms with Crippen LogP contribution in [0.5, 0.6) is 0 Å². The highest BCUT2D eigenvalue weighted by Gasteiger charge is 2.66. The summed E-state index contributed by atoms with van der Waals surface area (Å²) in [4.78, 5) is 61.1. The summed E-state index contributed by atoms with van der Waals surface area (Å²) < 4.78 is 0.678. The number of aryl methyl sites for hydroxylation is 1. The van der Waals surface area contributed by atoms with Gasteiger partial charge in [0.15, 0.2) is 11.6 Å². The molecule has 6 rings (SSSR count). The molecule has 8 nitrogen and oxygen atoms in total. The molecule has 0 radical (unpaired) electrons. The predicted molar refractivity (Wildman–Crippen MR) is 166 cm³/mol. The fourth-order valence-corrected chi connectivity index (χ4v) is 9.47. The smallest absolute Gasteiger partial charge is 0.244 e. The Morgan fingerprint density at radius 1 is 1.07 bits per heavy atom. The molecule has 1 amide bonds. The van der Waals surface area contributed by atoms with Crippen LogP contribution in [0.15, 0.2) is 32.3 Å². The summed E-state index contributed by atoms with van der Waals surface area (Å²) in [6, 6.07) is 3.11. The monoisotopic (exact) mass is 654 g/mol. The van der Waals surface area contributed by atoms with Gasteiger partial charge in [-0.25, -0.2) is 4.98 Å². The van der Waals surface area contributed by atoms with Crippen LogP contribution in [-0.4, -0.2) is 73.8 Å². The minimum absolute atomic E-state index is 0.00979. The van der Waals surface area contributed by atoms with Gasteiger partial charge in [0.05, 0.1) is 29.4 Å². The standard InChI is InChI=1S/C32H39BrN4O4S/c1-18-10-11-27(33)34-23(18)14-25(40)24-15-32-13-12-21(39)8-6-4-5-7-9-22-20(3)42-31-29(19(2)38)35-36(30(22)31)17-28(41)37(24)26(32)16-32/h10-11,24,26,30-31H,4-9,12-17H2,1-3H3/t24-,26+,30?,31?,32-/m0/s1. The fraction of sp³-hybridized carbons (Fsp3) is 0.625. The molecule has 5 heterocycles. The van der Waals surface area contributed by atoms with Crippen LogP contribution in [0.25, 0.3) is 0 Å². The number of carbonyl (C=O) groups is 4. The van der Waals surface area contributed by atoms with Gasteiger partial charge in [0, 0.05) is 25.8 Å². The number of aromatic nitrogens is 1. The molecular weight excluding hydrogens is 616 g/mol. The minimum atomic E-state index is -0.547. The highest BCUT2D eigenvalue weighted by molar-refractivity contribution is 9.10. The van der Waals surface area contributed by atoms with E-state index in [0.29, 0.717) is 41.1 Å². The Bertz CT molecular complexity index is 1410. The maximum atomic E-state index is 14.2. The van der Waals surface area contributed by atoms with Crippen molar-refractivity contribution in [3.05, 3.63) is 38.5 Å². The first-order valence-corrected chi connectivity index (χ1v) is 17.0. The van der Waals surface area contributed by atoms with Gasteiger partial charge in [0.25, 0.3) is 0 Å². The summed E-state index contributed by atoms with van der Waals surface area (Å²) in [6.45, 7) is 5.66. The van der Waals surface area contributed by atoms with Crippen LogP contribution >= 0.6 is 27.7 Å². The van der Waals surface area contributed by atoms with Gasteiger partial charge in [0.1, 0.15) is 22.6 Å². The lowest BCUT2D eigenvalue weighted by molar-refractivity contribution is -0.139. The zero-order valence-electron chi connectivity index (χ0n) is 24.7. The SMILES string of the molecule is CC(=O)C1=NN2CC(=O)N3[C@H](C(=O)Cc4nc(Br)ccc4C)C[C@@]4(CCC(=O)CCCCCCC5=C(C)SC1C52)C[C@@H]34. The van der Waals surface area contributed by atoms with Crippen LogP contribution < -0.4 is 0 Å². The number of piperidine rings is 1. The normalized spacial score (nSPS) is 31.6. The number of hydrogen-bond donors (Lipinski definition) is 0. The molecule has 1 aliphatic carbocycles. The Morgan fingerprint density at radius 2 is 1.83 bits per heavy atom. The van der Waals surface area contributed by atoms with E-state index in [1.165, 1.54) is 10.5 Å². The van der Waals surface area contributed by atoms with E-state index < -0.39 is 6.04 Å². The Kier molecular flexibility index (Phi) is 8.24. The van der Waals surface area contributed by atoms with Crippen molar-refractivity contribution in [3.8, 4) is 0 Å². The molecule has 0 N–H and O–H groups in total. The number of carbonyl (C=O) groups excluding carboxylic acids is 4. The number of Topliss-reactive ketones (excluding diaryl/α,β-unsaturated/α-hetero) is 3. The van der Waals surface area contributed by atoms with Crippen molar-refractivity contribution in [2.45, 2.75) is 115 Å². The van der Waals surface area contributed by atoms with E-state index in [9.17, 15) is 19.2 Å². The third-order valence-corrected chi connectivity index (χ3v) is 11.8. The van der Waals surface area contributed by atoms with Gasteiger partial charge in [-0.2, -0.15) is 5.10 Å². The lowest BCUT2D eigenvalue weighted by Gasteiger charge is -2.31. The van der Waals surface area contributed by atoms with Crippen LogP contribution in [0.3, 0.4) is 0 Å². The quantitative estimate of drug-likeness (QED) is 0.404. The van der Waals surface area contributed by atoms with E-state index in [1.54, 1.807) is 18.7 Å². The maximum absolute atomic E-state index is 14.2. The van der Waals surface area contributed by atoms with Crippen molar-refractivity contribution in [2.24, 2.45) is 10.5 Å². The minimum Gasteiger partial charge on any atom is -0.327 e. The summed E-state index contributed by atoms with van der Waals surface area (Å²) in [5.74, 6) is 0.111. The highest BCUT2D eigenvalue weighted by atomic mass is 79.9. The number of rotatable bonds is 4. The third-order valence-electron chi connectivity index (χ3n) is 10.0. The molecule has 1 aromatic rings. The van der Waals surface area contributed by atoms with Crippen molar-refractivity contribution in [3.63, 3.8) is 0 Å². The van der Waals surface area contributed by atoms with Crippen LogP contribution in [0.4, 0.5) is 0 Å². The Morgan fingerprint density at radius 3 is 2.60 bits per heavy atom. The van der Waals surface area contributed by atoms with Gasteiger partial charge in [0.2, 0.25) is 5.91 Å². The summed E-state index contributed by atoms with van der Waals surface area (Å²) in [5.41, 5.74) is 3.28. The van der Waals surface area contributed by atoms with Crippen LogP contribution in [0, 0.1) is 12.3 Å². The number of allylic oxidation sites excluding steroid dienone is 1. The van der Waals surface area contributed by atoms with E-state index in [4.69, 9.17) is 5.10 Å². The zero-order chi connectivity index (χ0) is 29.8. The van der Waals surface area contributed by atoms with Gasteiger partial charge in [-0.05, 0) is 95.8 Å². The molecule has 10 heteroatoms. The van der Waals surface area contributed by atoms with Gasteiger partial charge < -0.3 is 4.90 Å². The van der Waals surface area contributed by atoms with Gasteiger partial charge in [-0.15, -0.1) is 11.8 Å². The van der Waals surface area contributed by atoms with Gasteiger partial charge in [-0.1, -0.05) is 18.9 Å². The number of amides is 1.